The maximum absolute atomic E-state index is 8.86. The van der Waals surface area contributed by atoms with E-state index in [9.17, 15) is 0 Å². The fourth-order valence-corrected chi connectivity index (χ4v) is 13.5. The van der Waals surface area contributed by atoms with E-state index in [1.807, 2.05) is 109 Å². The van der Waals surface area contributed by atoms with Crippen molar-refractivity contribution in [3.63, 3.8) is 0 Å². The van der Waals surface area contributed by atoms with Crippen molar-refractivity contribution in [2.24, 2.45) is 0 Å². The molecule has 0 fully saturated rings. The van der Waals surface area contributed by atoms with Crippen LogP contribution in [0.3, 0.4) is 0 Å². The van der Waals surface area contributed by atoms with Gasteiger partial charge in [-0.1, -0.05) is 168 Å². The Morgan fingerprint density at radius 3 is 0.521 bits per heavy atom. The zero-order valence-electron chi connectivity index (χ0n) is 56.9. The molecule has 3 atom stereocenters. The normalized spacial score (nSPS) is 12.6. The topological polar surface area (TPSA) is 111 Å². The van der Waals surface area contributed by atoms with Gasteiger partial charge in [-0.25, -0.2) is 0 Å². The molecule has 0 saturated carbocycles. The highest BCUT2D eigenvalue weighted by Crippen LogP contribution is 2.57. The van der Waals surface area contributed by atoms with Gasteiger partial charge in [0.05, 0.1) is 64.0 Å². The predicted molar refractivity (Wildman–Crippen MR) is 375 cm³/mol. The third kappa shape index (κ3) is 15.2. The first-order chi connectivity index (χ1) is 46.0. The van der Waals surface area contributed by atoms with E-state index in [4.69, 9.17) is 56.6 Å². The summed E-state index contributed by atoms with van der Waals surface area (Å²) in [6, 6.07) is 74.6. The Morgan fingerprint density at radius 2 is 0.383 bits per heavy atom. The molecule has 13 heteroatoms. The second kappa shape index (κ2) is 33.3. The van der Waals surface area contributed by atoms with E-state index < -0.39 is 41.9 Å². The van der Waals surface area contributed by atoms with Crippen LogP contribution in [-0.4, -0.2) is 71.3 Å². The van der Waals surface area contributed by atoms with E-state index in [-0.39, 0.29) is 0 Å². The number of hydrogen-bond acceptors (Lipinski definition) is 12. The van der Waals surface area contributed by atoms with Crippen molar-refractivity contribution in [2.45, 2.75) is 113 Å². The molecule has 0 radical (unpaired) electrons. The van der Waals surface area contributed by atoms with Gasteiger partial charge in [0.25, 0.3) is 0 Å². The molecule has 0 spiro atoms. The van der Waals surface area contributed by atoms with Crippen molar-refractivity contribution in [1.82, 2.24) is 0 Å². The van der Waals surface area contributed by atoms with Gasteiger partial charge in [-0.05, 0) is 179 Å². The van der Waals surface area contributed by atoms with Gasteiger partial charge in [0.15, 0.2) is 0 Å². The Hall–Kier alpha value is -8.88. The quantitative estimate of drug-likeness (QED) is 0.0349. The largest absolute Gasteiger partial charge is 0.642 e. The molecular weight excluding hydrogens is 1180 g/mol. The zero-order chi connectivity index (χ0) is 66.5. The van der Waals surface area contributed by atoms with Crippen LogP contribution in [0.25, 0.3) is 0 Å². The van der Waals surface area contributed by atoms with Crippen molar-refractivity contribution in [3.8, 4) is 51.7 Å². The molecule has 0 aliphatic rings. The molecule has 94 heavy (non-hydrogen) atoms. The third-order valence-electron chi connectivity index (χ3n) is 18.5. The molecule has 0 saturated heterocycles. The van der Waals surface area contributed by atoms with Gasteiger partial charge in [0, 0.05) is 17.8 Å². The third-order valence-corrected chi connectivity index (χ3v) is 18.5. The van der Waals surface area contributed by atoms with Crippen molar-refractivity contribution in [3.05, 3.63) is 268 Å². The van der Waals surface area contributed by atoms with Crippen LogP contribution in [0.5, 0.6) is 51.7 Å². The second-order valence-corrected chi connectivity index (χ2v) is 23.6. The average Bonchev–Trinajstić information content (AvgIpc) is 0.734. The molecule has 0 heterocycles. The van der Waals surface area contributed by atoms with Crippen LogP contribution in [0.1, 0.15) is 146 Å². The van der Waals surface area contributed by atoms with Crippen LogP contribution < -0.4 is 42.6 Å². The molecule has 9 aromatic carbocycles. The van der Waals surface area contributed by atoms with Gasteiger partial charge in [0.1, 0.15) is 68.5 Å². The first-order valence-corrected chi connectivity index (χ1v) is 32.8. The number of benzene rings is 9. The highest BCUT2D eigenvalue weighted by molar-refractivity contribution is 6.37. The summed E-state index contributed by atoms with van der Waals surface area (Å²) < 4.78 is 80.2. The molecule has 0 N–H and O–H groups in total. The highest BCUT2D eigenvalue weighted by Gasteiger charge is 2.57. The van der Waals surface area contributed by atoms with E-state index in [0.29, 0.717) is 53.8 Å². The monoisotopic (exact) mass is 1270 g/mol. The van der Waals surface area contributed by atoms with Gasteiger partial charge in [-0.15, -0.1) is 0 Å². The van der Waals surface area contributed by atoms with Crippen LogP contribution in [0.15, 0.2) is 218 Å². The summed E-state index contributed by atoms with van der Waals surface area (Å²) in [5.74, 6) is 4.91. The molecule has 0 aliphatic carbocycles. The second-order valence-electron chi connectivity index (χ2n) is 23.6. The number of methoxy groups -OCH3 is 9. The lowest BCUT2D eigenvalue weighted by Gasteiger charge is -2.50. The Labute approximate surface area is 558 Å². The maximum Gasteiger partial charge on any atom is 0.642 e. The minimum Gasteiger partial charge on any atom is -0.497 e. The molecule has 12 nitrogen and oxygen atoms in total. The lowest BCUT2D eigenvalue weighted by atomic mass is 9.68. The summed E-state index contributed by atoms with van der Waals surface area (Å²) >= 11 is 0. The molecule has 9 aromatic rings. The van der Waals surface area contributed by atoms with E-state index in [1.54, 1.807) is 64.0 Å². The summed E-state index contributed by atoms with van der Waals surface area (Å²) in [6.45, 7) is 6.68. The van der Waals surface area contributed by atoms with Crippen molar-refractivity contribution in [2.75, 3.05) is 64.0 Å². The van der Waals surface area contributed by atoms with Crippen LogP contribution in [0.4, 0.5) is 0 Å². The number of unbranched alkanes of at least 4 members (excludes halogenated alkanes) is 3. The minimum absolute atomic E-state index is 0.447. The van der Waals surface area contributed by atoms with Gasteiger partial charge in [-0.3, -0.25) is 0 Å². The Bertz CT molecular complexity index is 3140. The van der Waals surface area contributed by atoms with E-state index in [0.717, 1.165) is 106 Å². The summed E-state index contributed by atoms with van der Waals surface area (Å²) in [7, 11) is 13.6. The van der Waals surface area contributed by atoms with Crippen LogP contribution >= 0.6 is 0 Å². The summed E-state index contributed by atoms with van der Waals surface area (Å²) in [5.41, 5.74) is 3.49. The fourth-order valence-electron chi connectivity index (χ4n) is 13.5. The predicted octanol–water partition coefficient (Wildman–Crippen LogP) is 18.9. The molecule has 9 rings (SSSR count). The van der Waals surface area contributed by atoms with Gasteiger partial charge in [-0.2, -0.15) is 0 Å². The zero-order valence-corrected chi connectivity index (χ0v) is 56.9. The molecule has 0 bridgehead atoms. The van der Waals surface area contributed by atoms with Crippen LogP contribution in [0.2, 0.25) is 0 Å². The Balaban J connectivity index is 1.53. The van der Waals surface area contributed by atoms with Gasteiger partial charge >= 0.3 is 7.32 Å². The van der Waals surface area contributed by atoms with Crippen molar-refractivity contribution in [1.29, 1.82) is 0 Å². The molecular formula is C81H93BO12. The molecule has 0 aliphatic heterocycles. The lowest BCUT2D eigenvalue weighted by Crippen LogP contribution is -2.54. The molecule has 0 amide bonds. The maximum atomic E-state index is 8.86. The molecule has 0 aromatic heterocycles. The van der Waals surface area contributed by atoms with Gasteiger partial charge < -0.3 is 56.6 Å². The van der Waals surface area contributed by atoms with Crippen LogP contribution in [-0.2, 0) is 30.8 Å². The summed E-state index contributed by atoms with van der Waals surface area (Å²) in [5, 5.41) is 0. The number of ether oxygens (including phenoxy) is 9. The standard InChI is InChI=1S/C81H93BO12/c1-13-16-19-76(58-22-40-67(83-4)41-23-58)79(61-28-46-70(86-7)47-29-61,62-30-48-71(87-8)49-31-62)92-82(93-80(63-32-50-72(88-9)51-33-63,64-34-52-73(89-10)53-35-64)77(20-17-14-2)59-24-42-68(84-5)43-25-59)94-81(65-36-54-74(90-11)55-37-65,66-38-56-75(91-12)57-39-66)78(21-18-15-3)60-26-44-69(85-6)45-27-60/h22-57,76-78H,13-21H2,1-12H3. The SMILES string of the molecule is CCCCC(c1ccc(OC)cc1)C(OB(OC(c1ccc(OC)cc1)(c1ccc(OC)cc1)C(CCCC)c1ccc(OC)cc1)OC(c1ccc(OC)cc1)(c1ccc(OC)cc1)C(CCCC)c1ccc(OC)cc1)(c1ccc(OC)cc1)c1ccc(OC)cc1. The van der Waals surface area contributed by atoms with Gasteiger partial charge in [0.2, 0.25) is 0 Å². The van der Waals surface area contributed by atoms with E-state index in [1.165, 1.54) is 0 Å². The fraction of sp³-hybridized carbons (Fsp3) is 0.333. The number of hydrogen-bond donors (Lipinski definition) is 0. The molecule has 492 valence electrons. The van der Waals surface area contributed by atoms with Crippen LogP contribution in [0, 0.1) is 0 Å². The summed E-state index contributed by atoms with van der Waals surface area (Å²) in [4.78, 5) is 0. The number of rotatable bonds is 36. The first-order valence-electron chi connectivity index (χ1n) is 32.8. The minimum atomic E-state index is -1.65. The van der Waals surface area contributed by atoms with Crippen molar-refractivity contribution >= 4 is 7.32 Å². The smallest absolute Gasteiger partial charge is 0.497 e. The first kappa shape index (κ1) is 69.5. The Morgan fingerprint density at radius 1 is 0.234 bits per heavy atom. The summed E-state index contributed by atoms with van der Waals surface area (Å²) in [6.07, 6.45) is 7.15. The van der Waals surface area contributed by atoms with Crippen molar-refractivity contribution < 1.29 is 56.6 Å². The van der Waals surface area contributed by atoms with E-state index >= 15 is 0 Å². The molecule has 3 unspecified atom stereocenters. The Kier molecular flexibility index (Phi) is 24.6. The average molecular weight is 1270 g/mol. The highest BCUT2D eigenvalue weighted by atomic mass is 16.8. The lowest BCUT2D eigenvalue weighted by molar-refractivity contribution is -0.0891. The van der Waals surface area contributed by atoms with E-state index in [2.05, 4.69) is 130 Å².